The van der Waals surface area contributed by atoms with E-state index in [0.717, 1.165) is 22.0 Å². The number of carbonyl (C=O) groups is 1. The molecule has 3 aliphatic heterocycles. The van der Waals surface area contributed by atoms with E-state index in [9.17, 15) is 30.3 Å². The molecule has 388 valence electrons. The lowest BCUT2D eigenvalue weighted by atomic mass is 9.68. The molecule has 3 aliphatic rings. The van der Waals surface area contributed by atoms with Crippen molar-refractivity contribution in [1.82, 2.24) is 29.8 Å². The average molecular weight is 987 g/mol. The summed E-state index contributed by atoms with van der Waals surface area (Å²) in [6.45, 7) is 19.1. The fourth-order valence-corrected chi connectivity index (χ4v) is 12.4. The fourth-order valence-electron chi connectivity index (χ4n) is 11.5. The Labute approximate surface area is 413 Å². The molecule has 0 radical (unpaired) electrons. The Morgan fingerprint density at radius 1 is 0.986 bits per heavy atom. The first kappa shape index (κ1) is 55.3. The predicted molar refractivity (Wildman–Crippen MR) is 262 cm³/mol. The van der Waals surface area contributed by atoms with Crippen molar-refractivity contribution in [1.29, 1.82) is 0 Å². The Balaban J connectivity index is 1.27. The van der Waals surface area contributed by atoms with Crippen LogP contribution in [0.1, 0.15) is 111 Å². The summed E-state index contributed by atoms with van der Waals surface area (Å²) in [7, 11) is 5.38. The summed E-state index contributed by atoms with van der Waals surface area (Å²) >= 11 is 1.63. The molecule has 0 aliphatic carbocycles. The first-order valence-electron chi connectivity index (χ1n) is 24.9. The molecule has 1 unspecified atom stereocenters. The lowest BCUT2D eigenvalue weighted by Crippen LogP contribution is -2.62. The molecule has 3 fully saturated rings. The van der Waals surface area contributed by atoms with Gasteiger partial charge < -0.3 is 59.0 Å². The minimum absolute atomic E-state index is 0.158. The molecule has 6 rings (SSSR count). The van der Waals surface area contributed by atoms with E-state index >= 15 is 0 Å². The molecule has 3 saturated heterocycles. The number of rotatable bonds is 12. The maximum Gasteiger partial charge on any atom is 0.309 e. The largest absolute Gasteiger partial charge is 0.459 e. The van der Waals surface area contributed by atoms with E-state index in [-0.39, 0.29) is 37.3 Å². The highest BCUT2D eigenvalue weighted by atomic mass is 32.1. The minimum Gasteiger partial charge on any atom is -0.459 e. The van der Waals surface area contributed by atoms with Crippen LogP contribution in [0.15, 0.2) is 42.0 Å². The standard InChI is InChI=1S/C51H82N6O11S/c1-14-40-51(10,63)44(59)33(6)56(12)27-29(2)25-49(8,62)46(31(4)42(32(5)47(61)67-40)39-26-50(9,64-13)45(60)34(7)66-39)68-48-43(58)38(23-30(3)65-48)55(11)21-19-36-28-69-41(53-36)24-35-15-17-37(18-16-35)57-22-20-52-54-57/h15-18,20,22,28-34,38-40,42-46,48,58-60,62-63H,14,19,21,23-27H2,1-13H3/t29-,30-,31+,32-,33-,34+,38+,39?,40-,42+,43-,44-,45+,46-,48+,49-,50-,51-/m1/s1. The van der Waals surface area contributed by atoms with Crippen LogP contribution in [0.5, 0.6) is 0 Å². The van der Waals surface area contributed by atoms with Gasteiger partial charge in [-0.25, -0.2) is 9.67 Å². The summed E-state index contributed by atoms with van der Waals surface area (Å²) in [6.07, 6.45) is -2.29. The summed E-state index contributed by atoms with van der Waals surface area (Å²) in [5.41, 5.74) is -1.37. The second-order valence-corrected chi connectivity index (χ2v) is 22.4. The van der Waals surface area contributed by atoms with E-state index in [1.165, 1.54) is 6.92 Å². The number of hydrogen-bond donors (Lipinski definition) is 5. The number of likely N-dealkylation sites (N-methyl/N-ethyl adjacent to an activating group) is 2. The smallest absolute Gasteiger partial charge is 0.309 e. The summed E-state index contributed by atoms with van der Waals surface area (Å²) < 4.78 is 34.0. The Kier molecular flexibility index (Phi) is 18.3. The van der Waals surface area contributed by atoms with Crippen LogP contribution in [0.2, 0.25) is 0 Å². The van der Waals surface area contributed by atoms with Crippen LogP contribution in [-0.4, -0.2) is 180 Å². The Hall–Kier alpha value is -2.98. The molecule has 0 amide bonds. The summed E-state index contributed by atoms with van der Waals surface area (Å²) in [4.78, 5) is 23.6. The molecule has 18 heteroatoms. The van der Waals surface area contributed by atoms with Gasteiger partial charge in [0, 0.05) is 62.8 Å². The van der Waals surface area contributed by atoms with E-state index in [1.54, 1.807) is 57.0 Å². The molecule has 0 bridgehead atoms. The van der Waals surface area contributed by atoms with E-state index in [4.69, 9.17) is 28.7 Å². The highest BCUT2D eigenvalue weighted by Crippen LogP contribution is 2.45. The SMILES string of the molecule is CC[C@H]1OC(=O)[C@H](C)[C@@H](C2C[C@@](C)(OC)[C@@H](O)[C@H](C)O2)[C@H](C)[C@@H](O[C@@H]2O[C@H](C)C[C@H](N(C)CCc3csc(Cc4ccc(-n5ccnn5)cc4)n3)[C@H]2O)[C@](C)(O)C[C@@H](C)CN(C)[C@H](C)[C@@H](O)[C@]1(C)O. The van der Waals surface area contributed by atoms with Crippen LogP contribution < -0.4 is 0 Å². The minimum atomic E-state index is -1.81. The summed E-state index contributed by atoms with van der Waals surface area (Å²) in [5, 5.41) is 71.1. The normalized spacial score (nSPS) is 40.3. The van der Waals surface area contributed by atoms with Gasteiger partial charge in [-0.3, -0.25) is 4.79 Å². The number of cyclic esters (lactones) is 1. The second-order valence-electron chi connectivity index (χ2n) is 21.4. The van der Waals surface area contributed by atoms with Crippen LogP contribution in [0.25, 0.3) is 5.69 Å². The first-order valence-corrected chi connectivity index (χ1v) is 25.8. The number of aromatic nitrogens is 4. The molecule has 17 nitrogen and oxygen atoms in total. The zero-order chi connectivity index (χ0) is 50.7. The number of carbonyl (C=O) groups excluding carboxylic acids is 1. The van der Waals surface area contributed by atoms with E-state index in [0.29, 0.717) is 32.4 Å². The zero-order valence-corrected chi connectivity index (χ0v) is 44.0. The van der Waals surface area contributed by atoms with Gasteiger partial charge in [0.15, 0.2) is 6.29 Å². The van der Waals surface area contributed by atoms with Crippen LogP contribution in [0, 0.1) is 23.7 Å². The second kappa shape index (κ2) is 22.8. The molecule has 5 heterocycles. The van der Waals surface area contributed by atoms with Crippen LogP contribution in [-0.2, 0) is 41.3 Å². The molecular formula is C51H82N6O11S. The average Bonchev–Trinajstić information content (AvgIpc) is 4.01. The molecule has 69 heavy (non-hydrogen) atoms. The number of aliphatic hydroxyl groups is 5. The lowest BCUT2D eigenvalue weighted by molar-refractivity contribution is -0.302. The van der Waals surface area contributed by atoms with Gasteiger partial charge in [-0.15, -0.1) is 16.4 Å². The van der Waals surface area contributed by atoms with E-state index in [2.05, 4.69) is 32.7 Å². The predicted octanol–water partition coefficient (Wildman–Crippen LogP) is 4.42. The highest BCUT2D eigenvalue weighted by Gasteiger charge is 2.55. The van der Waals surface area contributed by atoms with E-state index < -0.39 is 95.6 Å². The van der Waals surface area contributed by atoms with Gasteiger partial charge in [-0.05, 0) is 104 Å². The van der Waals surface area contributed by atoms with Crippen molar-refractivity contribution in [2.24, 2.45) is 23.7 Å². The Morgan fingerprint density at radius 3 is 2.32 bits per heavy atom. The van der Waals surface area contributed by atoms with Gasteiger partial charge in [0.05, 0.1) is 70.3 Å². The number of hydrogen-bond acceptors (Lipinski definition) is 17. The van der Waals surface area contributed by atoms with Crippen molar-refractivity contribution >= 4 is 17.3 Å². The van der Waals surface area contributed by atoms with Gasteiger partial charge in [-0.2, -0.15) is 0 Å². The van der Waals surface area contributed by atoms with Gasteiger partial charge >= 0.3 is 5.97 Å². The number of aliphatic hydroxyl groups excluding tert-OH is 3. The molecular weight excluding hydrogens is 905 g/mol. The van der Waals surface area contributed by atoms with Crippen molar-refractivity contribution in [3.05, 3.63) is 58.3 Å². The molecule has 2 aromatic heterocycles. The third kappa shape index (κ3) is 12.6. The number of esters is 1. The molecule has 0 spiro atoms. The summed E-state index contributed by atoms with van der Waals surface area (Å²) in [5.74, 6) is -3.07. The topological polar surface area (TPSA) is 214 Å². The maximum atomic E-state index is 14.6. The molecule has 1 aromatic carbocycles. The first-order chi connectivity index (χ1) is 32.4. The van der Waals surface area contributed by atoms with Crippen LogP contribution >= 0.6 is 11.3 Å². The molecule has 5 N–H and O–H groups in total. The van der Waals surface area contributed by atoms with E-state index in [1.807, 2.05) is 71.9 Å². The van der Waals surface area contributed by atoms with Crippen molar-refractivity contribution in [2.75, 3.05) is 34.3 Å². The van der Waals surface area contributed by atoms with Gasteiger partial charge in [-0.1, -0.05) is 45.0 Å². The lowest BCUT2D eigenvalue weighted by Gasteiger charge is -2.51. The third-order valence-corrected chi connectivity index (χ3v) is 16.7. The van der Waals surface area contributed by atoms with Crippen LogP contribution in [0.3, 0.4) is 0 Å². The summed E-state index contributed by atoms with van der Waals surface area (Å²) in [6, 6.07) is 7.27. The zero-order valence-electron chi connectivity index (χ0n) is 43.1. The number of thiazole rings is 1. The Bertz CT molecular complexity index is 2080. The highest BCUT2D eigenvalue weighted by molar-refractivity contribution is 7.09. The quantitative estimate of drug-likeness (QED) is 0.159. The number of benzene rings is 1. The van der Waals surface area contributed by atoms with Gasteiger partial charge in [0.1, 0.15) is 30.0 Å². The molecule has 3 aromatic rings. The Morgan fingerprint density at radius 2 is 1.68 bits per heavy atom. The maximum absolute atomic E-state index is 14.6. The van der Waals surface area contributed by atoms with Gasteiger partial charge in [0.2, 0.25) is 0 Å². The van der Waals surface area contributed by atoms with Crippen molar-refractivity contribution in [3.63, 3.8) is 0 Å². The number of ether oxygens (including phenoxy) is 5. The monoisotopic (exact) mass is 987 g/mol. The van der Waals surface area contributed by atoms with Gasteiger partial charge in [0.25, 0.3) is 0 Å². The number of methoxy groups -OCH3 is 1. The third-order valence-electron chi connectivity index (χ3n) is 15.8. The molecule has 0 saturated carbocycles. The fraction of sp³-hybridized carbons (Fsp3) is 0.765. The van der Waals surface area contributed by atoms with Crippen LogP contribution in [0.4, 0.5) is 0 Å². The number of nitrogens with zero attached hydrogens (tertiary/aromatic N) is 6. The van der Waals surface area contributed by atoms with Crippen molar-refractivity contribution in [3.8, 4) is 5.69 Å². The molecule has 18 atom stereocenters. The van der Waals surface area contributed by atoms with Crippen molar-refractivity contribution < 1.29 is 54.0 Å². The van der Waals surface area contributed by atoms with Crippen molar-refractivity contribution in [2.45, 2.75) is 192 Å².